The van der Waals surface area contributed by atoms with Crippen LogP contribution in [0, 0.1) is 5.92 Å². The Labute approximate surface area is 164 Å². The number of hydrogen-bond acceptors (Lipinski definition) is 4. The Morgan fingerprint density at radius 3 is 2.23 bits per heavy atom. The third-order valence-corrected chi connectivity index (χ3v) is 5.09. The molecule has 1 aromatic rings. The molecule has 1 aliphatic heterocycles. The molecule has 0 spiro atoms. The van der Waals surface area contributed by atoms with Crippen LogP contribution in [0.25, 0.3) is 0 Å². The van der Waals surface area contributed by atoms with E-state index in [1.165, 1.54) is 3.93 Å². The summed E-state index contributed by atoms with van der Waals surface area (Å²) in [5.74, 6) is -0.122. The summed E-state index contributed by atoms with van der Waals surface area (Å²) in [6.45, 7) is 8.51. The number of benzene rings is 1. The maximum atomic E-state index is 12.7. The van der Waals surface area contributed by atoms with Crippen LogP contribution in [0.5, 0.6) is 0 Å². The Balaban J connectivity index is 1.92. The highest BCUT2D eigenvalue weighted by Crippen LogP contribution is 2.27. The van der Waals surface area contributed by atoms with E-state index in [2.05, 4.69) is 16.1 Å². The number of nitrogens with zero attached hydrogens (tertiary/aromatic N) is 2. The fourth-order valence-electron chi connectivity index (χ4n) is 2.83. The van der Waals surface area contributed by atoms with Crippen LogP contribution in [-0.4, -0.2) is 35.6 Å². The number of anilines is 1. The molecule has 6 nitrogen and oxygen atoms in total. The second kappa shape index (κ2) is 8.39. The molecule has 0 radical (unpaired) electrons. The summed E-state index contributed by atoms with van der Waals surface area (Å²) in [5, 5.41) is 0. The van der Waals surface area contributed by atoms with Crippen molar-refractivity contribution in [2.45, 2.75) is 52.2 Å². The van der Waals surface area contributed by atoms with Crippen LogP contribution in [-0.2, 0) is 9.53 Å². The summed E-state index contributed by atoms with van der Waals surface area (Å²) in [5.41, 5.74) is 7.14. The van der Waals surface area contributed by atoms with Crippen LogP contribution in [0.2, 0.25) is 0 Å². The smallest absolute Gasteiger partial charge is 0.410 e. The zero-order valence-electron chi connectivity index (χ0n) is 15.9. The van der Waals surface area contributed by atoms with Gasteiger partial charge in [-0.3, -0.25) is 4.79 Å². The van der Waals surface area contributed by atoms with Gasteiger partial charge in [-0.2, -0.15) is 0 Å². The lowest BCUT2D eigenvalue weighted by Gasteiger charge is -2.33. The number of amides is 2. The van der Waals surface area contributed by atoms with Crippen molar-refractivity contribution in [1.82, 2.24) is 4.90 Å². The van der Waals surface area contributed by atoms with Crippen molar-refractivity contribution in [2.24, 2.45) is 11.7 Å². The summed E-state index contributed by atoms with van der Waals surface area (Å²) in [6, 6.07) is 7.56. The highest BCUT2D eigenvalue weighted by Gasteiger charge is 2.32. The monoisotopic (exact) mass is 425 g/mol. The SMILES string of the molecule is CC(N)c1ccc(N(Br)C(=O)C2CCN(C(=O)OC(C)(C)C)CC2)cc1. The quantitative estimate of drug-likeness (QED) is 0.742. The highest BCUT2D eigenvalue weighted by atomic mass is 79.9. The summed E-state index contributed by atoms with van der Waals surface area (Å²) in [4.78, 5) is 26.5. The number of hydrogen-bond donors (Lipinski definition) is 1. The Morgan fingerprint density at radius 1 is 1.23 bits per heavy atom. The molecule has 1 heterocycles. The van der Waals surface area contributed by atoms with E-state index in [4.69, 9.17) is 10.5 Å². The van der Waals surface area contributed by atoms with Crippen LogP contribution < -0.4 is 9.66 Å². The molecule has 2 amide bonds. The molecule has 1 saturated heterocycles. The number of rotatable bonds is 3. The van der Waals surface area contributed by atoms with E-state index < -0.39 is 5.60 Å². The fraction of sp³-hybridized carbons (Fsp3) is 0.579. The Morgan fingerprint density at radius 2 is 1.77 bits per heavy atom. The summed E-state index contributed by atoms with van der Waals surface area (Å²) >= 11 is 3.38. The van der Waals surface area contributed by atoms with Gasteiger partial charge in [0.1, 0.15) is 5.60 Å². The first-order valence-corrected chi connectivity index (χ1v) is 9.62. The summed E-state index contributed by atoms with van der Waals surface area (Å²) in [7, 11) is 0. The standard InChI is InChI=1S/C19H28BrN3O3/c1-13(21)14-5-7-16(8-6-14)23(20)17(24)15-9-11-22(12-10-15)18(25)26-19(2,3)4/h5-8,13,15H,9-12,21H2,1-4H3. The number of nitrogens with two attached hydrogens (primary N) is 1. The van der Waals surface area contributed by atoms with Gasteiger partial charge in [0.15, 0.2) is 0 Å². The molecule has 2 N–H and O–H groups in total. The zero-order chi connectivity index (χ0) is 19.5. The highest BCUT2D eigenvalue weighted by molar-refractivity contribution is 9.10. The summed E-state index contributed by atoms with van der Waals surface area (Å²) in [6.07, 6.45) is 0.932. The number of carbonyl (C=O) groups excluding carboxylic acids is 2. The molecule has 2 rings (SSSR count). The number of likely N-dealkylation sites (tertiary alicyclic amines) is 1. The lowest BCUT2D eigenvalue weighted by molar-refractivity contribution is -0.122. The second-order valence-electron chi connectivity index (χ2n) is 7.74. The van der Waals surface area contributed by atoms with Gasteiger partial charge in [-0.05, 0) is 58.2 Å². The van der Waals surface area contributed by atoms with Gasteiger partial charge >= 0.3 is 6.09 Å². The average Bonchev–Trinajstić information content (AvgIpc) is 2.59. The molecule has 1 atom stereocenters. The number of piperidine rings is 1. The molecule has 0 aromatic heterocycles. The van der Waals surface area contributed by atoms with Gasteiger partial charge in [0.05, 0.1) is 21.8 Å². The van der Waals surface area contributed by atoms with E-state index in [-0.39, 0.29) is 24.0 Å². The van der Waals surface area contributed by atoms with Crippen LogP contribution in [0.1, 0.15) is 52.1 Å². The van der Waals surface area contributed by atoms with Crippen molar-refractivity contribution in [2.75, 3.05) is 17.0 Å². The molecule has 144 valence electrons. The molecular weight excluding hydrogens is 398 g/mol. The first-order chi connectivity index (χ1) is 12.1. The first kappa shape index (κ1) is 20.7. The maximum Gasteiger partial charge on any atom is 0.410 e. The zero-order valence-corrected chi connectivity index (χ0v) is 17.5. The first-order valence-electron chi connectivity index (χ1n) is 8.91. The van der Waals surface area contributed by atoms with Crippen LogP contribution in [0.15, 0.2) is 24.3 Å². The van der Waals surface area contributed by atoms with Crippen LogP contribution >= 0.6 is 16.1 Å². The molecule has 1 fully saturated rings. The molecule has 1 unspecified atom stereocenters. The third kappa shape index (κ3) is 5.45. The van der Waals surface area contributed by atoms with E-state index in [0.717, 1.165) is 11.3 Å². The predicted molar refractivity (Wildman–Crippen MR) is 106 cm³/mol. The number of carbonyl (C=O) groups is 2. The Kier molecular flexibility index (Phi) is 6.69. The Bertz CT molecular complexity index is 632. The normalized spacial score (nSPS) is 16.9. The minimum absolute atomic E-state index is 0.00221. The summed E-state index contributed by atoms with van der Waals surface area (Å²) < 4.78 is 6.90. The molecule has 0 aliphatic carbocycles. The van der Waals surface area contributed by atoms with Gasteiger partial charge in [-0.1, -0.05) is 12.1 Å². The lowest BCUT2D eigenvalue weighted by atomic mass is 9.96. The van der Waals surface area contributed by atoms with Crippen molar-refractivity contribution >= 4 is 33.8 Å². The topological polar surface area (TPSA) is 75.9 Å². The minimum atomic E-state index is -0.510. The van der Waals surface area contributed by atoms with E-state index in [9.17, 15) is 9.59 Å². The van der Waals surface area contributed by atoms with E-state index >= 15 is 0 Å². The van der Waals surface area contributed by atoms with Crippen LogP contribution in [0.3, 0.4) is 0 Å². The Hall–Kier alpha value is -1.60. The van der Waals surface area contributed by atoms with Crippen LogP contribution in [0.4, 0.5) is 10.5 Å². The molecule has 0 saturated carbocycles. The van der Waals surface area contributed by atoms with Gasteiger partial charge in [-0.15, -0.1) is 0 Å². The van der Waals surface area contributed by atoms with E-state index in [1.807, 2.05) is 52.0 Å². The molecule has 7 heteroatoms. The maximum absolute atomic E-state index is 12.7. The van der Waals surface area contributed by atoms with Gasteiger partial charge < -0.3 is 15.4 Å². The van der Waals surface area contributed by atoms with E-state index in [0.29, 0.717) is 25.9 Å². The van der Waals surface area contributed by atoms with Crippen molar-refractivity contribution < 1.29 is 14.3 Å². The van der Waals surface area contributed by atoms with Crippen molar-refractivity contribution in [1.29, 1.82) is 0 Å². The largest absolute Gasteiger partial charge is 0.444 e. The van der Waals surface area contributed by atoms with Gasteiger partial charge in [0.2, 0.25) is 5.91 Å². The predicted octanol–water partition coefficient (Wildman–Crippen LogP) is 4.00. The van der Waals surface area contributed by atoms with Crippen molar-refractivity contribution in [3.63, 3.8) is 0 Å². The van der Waals surface area contributed by atoms with Gasteiger partial charge in [-0.25, -0.2) is 8.72 Å². The minimum Gasteiger partial charge on any atom is -0.444 e. The van der Waals surface area contributed by atoms with Crippen molar-refractivity contribution in [3.8, 4) is 0 Å². The molecular formula is C19H28BrN3O3. The van der Waals surface area contributed by atoms with Gasteiger partial charge in [0, 0.05) is 25.0 Å². The average molecular weight is 426 g/mol. The number of halogens is 1. The van der Waals surface area contributed by atoms with Gasteiger partial charge in [0.25, 0.3) is 0 Å². The third-order valence-electron chi connectivity index (χ3n) is 4.33. The second-order valence-corrected chi connectivity index (χ2v) is 8.45. The van der Waals surface area contributed by atoms with Crippen molar-refractivity contribution in [3.05, 3.63) is 29.8 Å². The van der Waals surface area contributed by atoms with E-state index in [1.54, 1.807) is 4.90 Å². The lowest BCUT2D eigenvalue weighted by Crippen LogP contribution is -2.44. The molecule has 0 bridgehead atoms. The molecule has 26 heavy (non-hydrogen) atoms. The molecule has 1 aliphatic rings. The molecule has 1 aromatic carbocycles. The fourth-order valence-corrected chi connectivity index (χ4v) is 3.36. The number of ether oxygens (including phenoxy) is 1.